The highest BCUT2D eigenvalue weighted by molar-refractivity contribution is 5.79. The lowest BCUT2D eigenvalue weighted by Crippen LogP contribution is -2.40. The van der Waals surface area contributed by atoms with Gasteiger partial charge in [-0.15, -0.1) is 0 Å². The molecule has 2 N–H and O–H groups in total. The first-order valence-electron chi connectivity index (χ1n) is 7.92. The minimum absolute atomic E-state index is 0.593. The first-order chi connectivity index (χ1) is 10.7. The number of hydrogen-bond acceptors (Lipinski definition) is 3. The monoisotopic (exact) mass is 307 g/mol. The van der Waals surface area contributed by atoms with E-state index in [9.17, 15) is 0 Å². The molecule has 0 atom stereocenters. The van der Waals surface area contributed by atoms with Gasteiger partial charge in [-0.2, -0.15) is 0 Å². The third kappa shape index (κ3) is 9.23. The molecule has 0 aliphatic rings. The van der Waals surface area contributed by atoms with Gasteiger partial charge in [-0.25, -0.2) is 0 Å². The van der Waals surface area contributed by atoms with Gasteiger partial charge in [0.15, 0.2) is 5.96 Å². The number of rotatable bonds is 10. The second-order valence-electron chi connectivity index (χ2n) is 5.38. The summed E-state index contributed by atoms with van der Waals surface area (Å²) in [6.07, 6.45) is 1.10. The Labute approximate surface area is 134 Å². The molecule has 5 heteroatoms. The van der Waals surface area contributed by atoms with Crippen molar-refractivity contribution in [1.82, 2.24) is 10.6 Å². The van der Waals surface area contributed by atoms with Crippen molar-refractivity contribution < 1.29 is 9.47 Å². The first-order valence-corrected chi connectivity index (χ1v) is 7.92. The van der Waals surface area contributed by atoms with Crippen molar-refractivity contribution in [2.45, 2.75) is 20.3 Å². The van der Waals surface area contributed by atoms with Crippen LogP contribution in [0.3, 0.4) is 0 Å². The van der Waals surface area contributed by atoms with Gasteiger partial charge in [0.2, 0.25) is 0 Å². The zero-order chi connectivity index (χ0) is 16.0. The van der Waals surface area contributed by atoms with Gasteiger partial charge in [-0.1, -0.05) is 32.0 Å². The Balaban J connectivity index is 2.03. The largest absolute Gasteiger partial charge is 0.492 e. The zero-order valence-electron chi connectivity index (χ0n) is 14.0. The highest BCUT2D eigenvalue weighted by atomic mass is 16.5. The molecule has 124 valence electrons. The van der Waals surface area contributed by atoms with Crippen LogP contribution in [0.25, 0.3) is 0 Å². The SMILES string of the molecule is CN=C(NCCOCCC(C)C)NCCOc1ccccc1. The predicted octanol–water partition coefficient (Wildman–Crippen LogP) is 2.29. The second-order valence-corrected chi connectivity index (χ2v) is 5.38. The lowest BCUT2D eigenvalue weighted by atomic mass is 10.1. The number of aliphatic imine (C=N–C) groups is 1. The van der Waals surface area contributed by atoms with Crippen LogP contribution in [0.4, 0.5) is 0 Å². The van der Waals surface area contributed by atoms with Crippen molar-refractivity contribution in [3.63, 3.8) is 0 Å². The third-order valence-electron chi connectivity index (χ3n) is 3.01. The van der Waals surface area contributed by atoms with Crippen LogP contribution in [0.2, 0.25) is 0 Å². The molecule has 5 nitrogen and oxygen atoms in total. The Bertz CT molecular complexity index is 408. The van der Waals surface area contributed by atoms with Crippen molar-refractivity contribution in [3.8, 4) is 5.75 Å². The average molecular weight is 307 g/mol. The molecule has 1 aromatic carbocycles. The molecule has 1 aromatic rings. The summed E-state index contributed by atoms with van der Waals surface area (Å²) in [5, 5.41) is 6.42. The summed E-state index contributed by atoms with van der Waals surface area (Å²) < 4.78 is 11.2. The molecule has 0 aromatic heterocycles. The van der Waals surface area contributed by atoms with E-state index in [0.717, 1.165) is 31.3 Å². The number of hydrogen-bond donors (Lipinski definition) is 2. The summed E-state index contributed by atoms with van der Waals surface area (Å²) in [5.41, 5.74) is 0. The van der Waals surface area contributed by atoms with Crippen LogP contribution in [0.1, 0.15) is 20.3 Å². The number of benzene rings is 1. The van der Waals surface area contributed by atoms with Gasteiger partial charge in [0, 0.05) is 20.2 Å². The predicted molar refractivity (Wildman–Crippen MR) is 91.6 cm³/mol. The van der Waals surface area contributed by atoms with Crippen molar-refractivity contribution in [2.24, 2.45) is 10.9 Å². The molecule has 0 radical (unpaired) electrons. The van der Waals surface area contributed by atoms with Crippen molar-refractivity contribution in [2.75, 3.05) is 40.0 Å². The maximum absolute atomic E-state index is 5.61. The quantitative estimate of drug-likeness (QED) is 0.396. The van der Waals surface area contributed by atoms with Crippen LogP contribution in [0, 0.1) is 5.92 Å². The first kappa shape index (κ1) is 18.3. The van der Waals surface area contributed by atoms with E-state index in [1.54, 1.807) is 7.05 Å². The number of guanidine groups is 1. The van der Waals surface area contributed by atoms with Gasteiger partial charge in [-0.3, -0.25) is 4.99 Å². The van der Waals surface area contributed by atoms with Gasteiger partial charge in [0.05, 0.1) is 13.2 Å². The van der Waals surface area contributed by atoms with E-state index < -0.39 is 0 Å². The van der Waals surface area contributed by atoms with Gasteiger partial charge in [0.25, 0.3) is 0 Å². The van der Waals surface area contributed by atoms with Crippen LogP contribution < -0.4 is 15.4 Å². The summed E-state index contributed by atoms with van der Waals surface area (Å²) in [7, 11) is 1.76. The number of nitrogens with zero attached hydrogens (tertiary/aromatic N) is 1. The van der Waals surface area contributed by atoms with Crippen LogP contribution in [0.15, 0.2) is 35.3 Å². The van der Waals surface area contributed by atoms with Crippen molar-refractivity contribution >= 4 is 5.96 Å². The lowest BCUT2D eigenvalue weighted by molar-refractivity contribution is 0.128. The molecule has 0 fully saturated rings. The van der Waals surface area contributed by atoms with Crippen LogP contribution in [0.5, 0.6) is 5.75 Å². The fourth-order valence-electron chi connectivity index (χ4n) is 1.74. The minimum atomic E-state index is 0.593. The highest BCUT2D eigenvalue weighted by Crippen LogP contribution is 2.07. The zero-order valence-corrected chi connectivity index (χ0v) is 14.0. The maximum Gasteiger partial charge on any atom is 0.191 e. The Kier molecular flexibility index (Phi) is 9.87. The molecular weight excluding hydrogens is 278 g/mol. The standard InChI is InChI=1S/C17H29N3O2/c1-15(2)9-12-21-13-10-19-17(18-3)20-11-14-22-16-7-5-4-6-8-16/h4-8,15H,9-14H2,1-3H3,(H2,18,19,20). The van der Waals surface area contributed by atoms with Gasteiger partial charge in [-0.05, 0) is 24.5 Å². The third-order valence-corrected chi connectivity index (χ3v) is 3.01. The fraction of sp³-hybridized carbons (Fsp3) is 0.588. The molecule has 0 saturated heterocycles. The highest BCUT2D eigenvalue weighted by Gasteiger charge is 1.98. The summed E-state index contributed by atoms with van der Waals surface area (Å²) >= 11 is 0. The van der Waals surface area contributed by atoms with E-state index in [2.05, 4.69) is 29.5 Å². The molecule has 22 heavy (non-hydrogen) atoms. The summed E-state index contributed by atoms with van der Waals surface area (Å²) in [5.74, 6) is 2.34. The molecular formula is C17H29N3O2. The molecule has 0 spiro atoms. The van der Waals surface area contributed by atoms with Crippen molar-refractivity contribution in [3.05, 3.63) is 30.3 Å². The molecule has 0 amide bonds. The maximum atomic E-state index is 5.61. The second kappa shape index (κ2) is 11.9. The molecule has 0 heterocycles. The van der Waals surface area contributed by atoms with E-state index in [1.807, 2.05) is 30.3 Å². The fourth-order valence-corrected chi connectivity index (χ4v) is 1.74. The van der Waals surface area contributed by atoms with E-state index in [1.165, 1.54) is 0 Å². The lowest BCUT2D eigenvalue weighted by Gasteiger charge is -2.13. The van der Waals surface area contributed by atoms with Gasteiger partial charge >= 0.3 is 0 Å². The van der Waals surface area contributed by atoms with Gasteiger partial charge in [0.1, 0.15) is 12.4 Å². The number of ether oxygens (including phenoxy) is 2. The molecule has 1 rings (SSSR count). The summed E-state index contributed by atoms with van der Waals surface area (Å²) in [4.78, 5) is 4.16. The van der Waals surface area contributed by atoms with Crippen LogP contribution in [-0.2, 0) is 4.74 Å². The Morgan fingerprint density at radius 3 is 2.36 bits per heavy atom. The van der Waals surface area contributed by atoms with E-state index in [0.29, 0.717) is 25.7 Å². The van der Waals surface area contributed by atoms with E-state index in [4.69, 9.17) is 9.47 Å². The topological polar surface area (TPSA) is 54.9 Å². The summed E-state index contributed by atoms with van der Waals surface area (Å²) in [6, 6.07) is 9.79. The average Bonchev–Trinajstić information content (AvgIpc) is 2.53. The molecule has 0 bridgehead atoms. The molecule has 0 saturated carbocycles. The number of para-hydroxylation sites is 1. The van der Waals surface area contributed by atoms with E-state index >= 15 is 0 Å². The summed E-state index contributed by atoms with van der Waals surface area (Å²) in [6.45, 7) is 7.94. The Morgan fingerprint density at radius 1 is 1.05 bits per heavy atom. The smallest absolute Gasteiger partial charge is 0.191 e. The molecule has 0 aliphatic carbocycles. The van der Waals surface area contributed by atoms with E-state index in [-0.39, 0.29) is 0 Å². The Hall–Kier alpha value is -1.75. The minimum Gasteiger partial charge on any atom is -0.492 e. The van der Waals surface area contributed by atoms with Crippen molar-refractivity contribution in [1.29, 1.82) is 0 Å². The molecule has 0 unspecified atom stereocenters. The van der Waals surface area contributed by atoms with Crippen LogP contribution >= 0.6 is 0 Å². The normalized spacial score (nSPS) is 11.5. The Morgan fingerprint density at radius 2 is 1.73 bits per heavy atom. The number of nitrogens with one attached hydrogen (secondary N) is 2. The van der Waals surface area contributed by atoms with Gasteiger partial charge < -0.3 is 20.1 Å². The van der Waals surface area contributed by atoms with Crippen LogP contribution in [-0.4, -0.2) is 45.9 Å². The molecule has 0 aliphatic heterocycles.